The highest BCUT2D eigenvalue weighted by atomic mass is 19.1. The molecule has 0 saturated carbocycles. The van der Waals surface area contributed by atoms with Crippen molar-refractivity contribution in [1.82, 2.24) is 19.9 Å². The van der Waals surface area contributed by atoms with Gasteiger partial charge in [0.1, 0.15) is 23.6 Å². The van der Waals surface area contributed by atoms with E-state index in [0.717, 1.165) is 0 Å². The van der Waals surface area contributed by atoms with Gasteiger partial charge in [-0.15, -0.1) is 0 Å². The highest BCUT2D eigenvalue weighted by Gasteiger charge is 2.16. The summed E-state index contributed by atoms with van der Waals surface area (Å²) in [4.78, 5) is 16.3. The molecule has 3 rings (SSSR count). The second-order valence-electron chi connectivity index (χ2n) is 4.42. The summed E-state index contributed by atoms with van der Waals surface area (Å²) < 4.78 is 14.1. The van der Waals surface area contributed by atoms with Gasteiger partial charge in [0.15, 0.2) is 0 Å². The lowest BCUT2D eigenvalue weighted by Crippen LogP contribution is -2.22. The normalized spacial score (nSPS) is 10.5. The number of benzene rings is 1. The van der Waals surface area contributed by atoms with Gasteiger partial charge in [0.2, 0.25) is 0 Å². The first-order valence-electron chi connectivity index (χ1n) is 6.62. The molecule has 0 aliphatic rings. The van der Waals surface area contributed by atoms with Crippen molar-refractivity contribution in [3.8, 4) is 0 Å². The molecule has 110 valence electrons. The van der Waals surface area contributed by atoms with Gasteiger partial charge in [-0.2, -0.15) is 0 Å². The molecule has 2 heterocycles. The van der Waals surface area contributed by atoms with Crippen molar-refractivity contribution in [3.63, 3.8) is 0 Å². The lowest BCUT2D eigenvalue weighted by molar-refractivity contribution is 0.601. The summed E-state index contributed by atoms with van der Waals surface area (Å²) in [6.45, 7) is 0. The van der Waals surface area contributed by atoms with Crippen LogP contribution in [-0.4, -0.2) is 19.9 Å². The first-order chi connectivity index (χ1) is 10.8. The molecule has 0 fully saturated rings. The van der Waals surface area contributed by atoms with Gasteiger partial charge in [0.25, 0.3) is 0 Å². The summed E-state index contributed by atoms with van der Waals surface area (Å²) in [5.74, 6) is 0.708. The van der Waals surface area contributed by atoms with Gasteiger partial charge >= 0.3 is 0 Å². The van der Waals surface area contributed by atoms with E-state index in [9.17, 15) is 4.39 Å². The van der Waals surface area contributed by atoms with Crippen molar-refractivity contribution >= 4 is 11.6 Å². The Morgan fingerprint density at radius 3 is 1.91 bits per heavy atom. The van der Waals surface area contributed by atoms with Crippen molar-refractivity contribution in [2.24, 2.45) is 0 Å². The van der Waals surface area contributed by atoms with Crippen molar-refractivity contribution in [2.45, 2.75) is 6.17 Å². The Balaban J connectivity index is 1.90. The van der Waals surface area contributed by atoms with E-state index < -0.39 is 6.17 Å². The number of nitrogens with zero attached hydrogens (tertiary/aromatic N) is 4. The molecular weight excluding hydrogens is 283 g/mol. The molecule has 0 radical (unpaired) electrons. The Labute approximate surface area is 126 Å². The molecule has 0 bridgehead atoms. The largest absolute Gasteiger partial charge is 0.345 e. The van der Waals surface area contributed by atoms with Crippen molar-refractivity contribution in [1.29, 1.82) is 0 Å². The molecule has 0 aliphatic carbocycles. The van der Waals surface area contributed by atoms with Gasteiger partial charge < -0.3 is 10.6 Å². The summed E-state index contributed by atoms with van der Waals surface area (Å²) in [5, 5.41) is 6.18. The Hall–Kier alpha value is -3.09. The molecule has 3 aromatic rings. The third-order valence-electron chi connectivity index (χ3n) is 2.93. The van der Waals surface area contributed by atoms with Crippen LogP contribution in [0.4, 0.5) is 16.0 Å². The van der Waals surface area contributed by atoms with Crippen LogP contribution in [0.3, 0.4) is 0 Å². The molecule has 7 heteroatoms. The van der Waals surface area contributed by atoms with Crippen LogP contribution in [-0.2, 0) is 0 Å². The molecule has 6 nitrogen and oxygen atoms in total. The number of aromatic nitrogens is 4. The Kier molecular flexibility index (Phi) is 4.15. The third kappa shape index (κ3) is 3.32. The topological polar surface area (TPSA) is 75.6 Å². The number of nitrogens with one attached hydrogen (secondary N) is 2. The van der Waals surface area contributed by atoms with E-state index in [1.807, 2.05) is 0 Å². The van der Waals surface area contributed by atoms with E-state index >= 15 is 0 Å². The predicted octanol–water partition coefficient (Wildman–Crippen LogP) is 2.63. The Bertz CT molecular complexity index is 681. The lowest BCUT2D eigenvalue weighted by atomic mass is 10.1. The monoisotopic (exact) mass is 296 g/mol. The van der Waals surface area contributed by atoms with Gasteiger partial charge in [-0.1, -0.05) is 18.2 Å². The maximum atomic E-state index is 14.1. The average Bonchev–Trinajstić information content (AvgIpc) is 2.57. The number of hydrogen-bond acceptors (Lipinski definition) is 6. The van der Waals surface area contributed by atoms with Crippen LogP contribution < -0.4 is 10.6 Å². The zero-order valence-corrected chi connectivity index (χ0v) is 11.5. The zero-order chi connectivity index (χ0) is 15.2. The highest BCUT2D eigenvalue weighted by Crippen LogP contribution is 2.21. The maximum Gasteiger partial charge on any atom is 0.146 e. The Morgan fingerprint density at radius 1 is 0.818 bits per heavy atom. The molecule has 0 aliphatic heterocycles. The van der Waals surface area contributed by atoms with Gasteiger partial charge in [-0.05, 0) is 6.07 Å². The third-order valence-corrected chi connectivity index (χ3v) is 2.93. The van der Waals surface area contributed by atoms with E-state index in [1.165, 1.54) is 6.07 Å². The summed E-state index contributed by atoms with van der Waals surface area (Å²) in [6, 6.07) is 6.49. The van der Waals surface area contributed by atoms with E-state index in [-0.39, 0.29) is 5.82 Å². The summed E-state index contributed by atoms with van der Waals surface area (Å²) >= 11 is 0. The summed E-state index contributed by atoms with van der Waals surface area (Å²) in [7, 11) is 0. The van der Waals surface area contributed by atoms with Crippen LogP contribution in [0.1, 0.15) is 11.7 Å². The standard InChI is InChI=1S/C15H13FN6/c16-12-4-2-1-3-11(12)15(21-13-9-17-5-7-19-13)22-14-10-18-6-8-20-14/h1-10,15H,(H,19,21)(H,20,22). The van der Waals surface area contributed by atoms with Crippen LogP contribution >= 0.6 is 0 Å². The van der Waals surface area contributed by atoms with Crippen LogP contribution in [0, 0.1) is 5.82 Å². The fourth-order valence-corrected chi connectivity index (χ4v) is 1.94. The lowest BCUT2D eigenvalue weighted by Gasteiger charge is -2.21. The first kappa shape index (κ1) is 13.9. The van der Waals surface area contributed by atoms with Crippen molar-refractivity contribution in [2.75, 3.05) is 10.6 Å². The molecule has 0 unspecified atom stereocenters. The molecule has 0 spiro atoms. The van der Waals surface area contributed by atoms with Crippen LogP contribution in [0.25, 0.3) is 0 Å². The van der Waals surface area contributed by atoms with Crippen LogP contribution in [0.2, 0.25) is 0 Å². The second kappa shape index (κ2) is 6.57. The van der Waals surface area contributed by atoms with E-state index in [2.05, 4.69) is 30.6 Å². The van der Waals surface area contributed by atoms with Crippen LogP contribution in [0.15, 0.2) is 61.4 Å². The average molecular weight is 296 g/mol. The summed E-state index contributed by atoms with van der Waals surface area (Å²) in [6.07, 6.45) is 8.82. The van der Waals surface area contributed by atoms with Crippen molar-refractivity contribution in [3.05, 3.63) is 72.8 Å². The summed E-state index contributed by atoms with van der Waals surface area (Å²) in [5.41, 5.74) is 0.443. The number of rotatable bonds is 5. The molecule has 22 heavy (non-hydrogen) atoms. The zero-order valence-electron chi connectivity index (χ0n) is 11.5. The predicted molar refractivity (Wildman–Crippen MR) is 80.5 cm³/mol. The maximum absolute atomic E-state index is 14.1. The van der Waals surface area contributed by atoms with E-state index in [4.69, 9.17) is 0 Å². The minimum absolute atomic E-state index is 0.333. The minimum atomic E-state index is -0.561. The molecule has 0 atom stereocenters. The molecule has 1 aromatic carbocycles. The van der Waals surface area contributed by atoms with Gasteiger partial charge in [-0.25, -0.2) is 14.4 Å². The molecule has 0 saturated heterocycles. The quantitative estimate of drug-likeness (QED) is 0.705. The Morgan fingerprint density at radius 2 is 1.41 bits per heavy atom. The van der Waals surface area contributed by atoms with Gasteiger partial charge in [0, 0.05) is 30.4 Å². The van der Waals surface area contributed by atoms with E-state index in [0.29, 0.717) is 17.2 Å². The SMILES string of the molecule is Fc1ccccc1C(Nc1cnccn1)Nc1cnccn1. The number of hydrogen-bond donors (Lipinski definition) is 2. The first-order valence-corrected chi connectivity index (χ1v) is 6.62. The minimum Gasteiger partial charge on any atom is -0.345 e. The second-order valence-corrected chi connectivity index (χ2v) is 4.42. The van der Waals surface area contributed by atoms with Gasteiger partial charge in [-0.3, -0.25) is 9.97 Å². The molecule has 2 N–H and O–H groups in total. The molecule has 2 aromatic heterocycles. The molecule has 0 amide bonds. The smallest absolute Gasteiger partial charge is 0.146 e. The van der Waals surface area contributed by atoms with Crippen molar-refractivity contribution < 1.29 is 4.39 Å². The van der Waals surface area contributed by atoms with Gasteiger partial charge in [0.05, 0.1) is 12.4 Å². The molecular formula is C15H13FN6. The van der Waals surface area contributed by atoms with E-state index in [1.54, 1.807) is 55.4 Å². The fraction of sp³-hybridized carbons (Fsp3) is 0.0667. The highest BCUT2D eigenvalue weighted by molar-refractivity contribution is 5.43. The number of anilines is 2. The van der Waals surface area contributed by atoms with Crippen LogP contribution in [0.5, 0.6) is 0 Å². The fourth-order valence-electron chi connectivity index (χ4n) is 1.94. The number of halogens is 1.